The fourth-order valence-corrected chi connectivity index (χ4v) is 4.67. The number of rotatable bonds is 4. The summed E-state index contributed by atoms with van der Waals surface area (Å²) in [4.78, 5) is 23.5. The van der Waals surface area contributed by atoms with E-state index in [0.717, 1.165) is 11.1 Å². The van der Waals surface area contributed by atoms with Gasteiger partial charge in [-0.1, -0.05) is 0 Å². The average Bonchev–Trinajstić information content (AvgIpc) is 2.43. The van der Waals surface area contributed by atoms with Crippen molar-refractivity contribution in [3.05, 3.63) is 32.6 Å². The van der Waals surface area contributed by atoms with Crippen LogP contribution in [0.4, 0.5) is 0 Å². The number of nitrogens with one attached hydrogen (secondary N) is 1. The number of hydrogen-bond acceptors (Lipinski definition) is 5. The summed E-state index contributed by atoms with van der Waals surface area (Å²) in [5.74, 6) is 3.62. The summed E-state index contributed by atoms with van der Waals surface area (Å²) in [6.07, 6.45) is 1.63. The minimum atomic E-state index is -0.284. The summed E-state index contributed by atoms with van der Waals surface area (Å²) in [5.41, 5.74) is 0.146. The van der Waals surface area contributed by atoms with Crippen LogP contribution in [0.25, 0.3) is 0 Å². The summed E-state index contributed by atoms with van der Waals surface area (Å²) in [5, 5.41) is 3.94. The molecule has 1 fully saturated rings. The molecule has 1 atom stereocenters. The molecular formula is C12H19N3O2S2. The van der Waals surface area contributed by atoms with Gasteiger partial charge >= 0.3 is 5.69 Å². The third-order valence-corrected chi connectivity index (χ3v) is 5.93. The van der Waals surface area contributed by atoms with Gasteiger partial charge in [0, 0.05) is 61.5 Å². The van der Waals surface area contributed by atoms with Gasteiger partial charge in [-0.25, -0.2) is 4.79 Å². The van der Waals surface area contributed by atoms with Crippen molar-refractivity contribution >= 4 is 23.5 Å². The van der Waals surface area contributed by atoms with Crippen molar-refractivity contribution in [2.45, 2.75) is 11.8 Å². The second-order valence-electron chi connectivity index (χ2n) is 4.61. The zero-order valence-electron chi connectivity index (χ0n) is 11.2. The summed E-state index contributed by atoms with van der Waals surface area (Å²) in [6.45, 7) is 1.42. The third kappa shape index (κ3) is 3.67. The Hall–Kier alpha value is -0.660. The molecule has 1 saturated heterocycles. The molecule has 106 valence electrons. The molecule has 0 amide bonds. The Kier molecular flexibility index (Phi) is 5.18. The van der Waals surface area contributed by atoms with Crippen LogP contribution in [0.1, 0.15) is 5.56 Å². The average molecular weight is 301 g/mol. The van der Waals surface area contributed by atoms with Crippen molar-refractivity contribution in [1.29, 1.82) is 0 Å². The molecule has 2 heterocycles. The van der Waals surface area contributed by atoms with Crippen LogP contribution in [0.15, 0.2) is 15.8 Å². The third-order valence-electron chi connectivity index (χ3n) is 3.09. The molecule has 0 saturated carbocycles. The number of hydrogen-bond donors (Lipinski definition) is 1. The second kappa shape index (κ2) is 6.67. The van der Waals surface area contributed by atoms with E-state index in [1.54, 1.807) is 13.2 Å². The van der Waals surface area contributed by atoms with Crippen LogP contribution < -0.4 is 16.6 Å². The molecule has 2 rings (SSSR count). The monoisotopic (exact) mass is 301 g/mol. The van der Waals surface area contributed by atoms with Crippen molar-refractivity contribution in [3.63, 3.8) is 0 Å². The lowest BCUT2D eigenvalue weighted by atomic mass is 10.3. The van der Waals surface area contributed by atoms with E-state index in [0.29, 0.717) is 17.4 Å². The second-order valence-corrected chi connectivity index (χ2v) is 7.17. The fraction of sp³-hybridized carbons (Fsp3) is 0.667. The van der Waals surface area contributed by atoms with Crippen LogP contribution >= 0.6 is 23.5 Å². The zero-order valence-corrected chi connectivity index (χ0v) is 12.9. The molecule has 19 heavy (non-hydrogen) atoms. The Labute approximate surface area is 120 Å². The smallest absolute Gasteiger partial charge is 0.311 e. The van der Waals surface area contributed by atoms with Crippen molar-refractivity contribution in [1.82, 2.24) is 14.5 Å². The van der Waals surface area contributed by atoms with E-state index >= 15 is 0 Å². The standard InChI is InChI=1S/C12H19N3O2S2/c1-14-7-9(11(16)15(2)12(14)17)5-13-6-10-8-18-3-4-19-10/h7,10,13H,3-6,8H2,1-2H3. The van der Waals surface area contributed by atoms with Gasteiger partial charge in [-0.05, 0) is 0 Å². The van der Waals surface area contributed by atoms with Gasteiger partial charge in [-0.2, -0.15) is 23.5 Å². The van der Waals surface area contributed by atoms with Crippen LogP contribution in [0.2, 0.25) is 0 Å². The minimum Gasteiger partial charge on any atom is -0.311 e. The number of aromatic nitrogens is 2. The van der Waals surface area contributed by atoms with E-state index in [-0.39, 0.29) is 11.2 Å². The molecule has 0 spiro atoms. The Morgan fingerprint density at radius 2 is 2.16 bits per heavy atom. The SMILES string of the molecule is Cn1cc(CNCC2CSCCS2)c(=O)n(C)c1=O. The van der Waals surface area contributed by atoms with Crippen molar-refractivity contribution in [2.24, 2.45) is 14.1 Å². The van der Waals surface area contributed by atoms with E-state index in [1.165, 1.54) is 28.9 Å². The molecule has 1 unspecified atom stereocenters. The van der Waals surface area contributed by atoms with Crippen LogP contribution in [-0.4, -0.2) is 38.2 Å². The first kappa shape index (κ1) is 14.7. The first-order chi connectivity index (χ1) is 9.09. The highest BCUT2D eigenvalue weighted by atomic mass is 32.2. The molecule has 0 aliphatic carbocycles. The van der Waals surface area contributed by atoms with E-state index in [2.05, 4.69) is 5.32 Å². The van der Waals surface area contributed by atoms with Crippen LogP contribution in [0, 0.1) is 0 Å². The Morgan fingerprint density at radius 3 is 2.84 bits per heavy atom. The summed E-state index contributed by atoms with van der Waals surface area (Å²) >= 11 is 3.98. The lowest BCUT2D eigenvalue weighted by Crippen LogP contribution is -2.40. The normalized spacial score (nSPS) is 19.6. The molecular weight excluding hydrogens is 282 g/mol. The number of thioether (sulfide) groups is 2. The first-order valence-corrected chi connectivity index (χ1v) is 8.45. The van der Waals surface area contributed by atoms with Gasteiger partial charge in [0.2, 0.25) is 0 Å². The van der Waals surface area contributed by atoms with E-state index < -0.39 is 0 Å². The molecule has 1 aromatic rings. The fourth-order valence-electron chi connectivity index (χ4n) is 2.03. The van der Waals surface area contributed by atoms with Crippen LogP contribution in [0.5, 0.6) is 0 Å². The van der Waals surface area contributed by atoms with Gasteiger partial charge in [-0.3, -0.25) is 9.36 Å². The van der Waals surface area contributed by atoms with Crippen molar-refractivity contribution < 1.29 is 0 Å². The van der Waals surface area contributed by atoms with Gasteiger partial charge in [0.05, 0.1) is 0 Å². The Morgan fingerprint density at radius 1 is 1.37 bits per heavy atom. The lowest BCUT2D eigenvalue weighted by molar-refractivity contribution is 0.630. The van der Waals surface area contributed by atoms with Crippen molar-refractivity contribution in [3.8, 4) is 0 Å². The molecule has 0 aromatic carbocycles. The summed E-state index contributed by atoms with van der Waals surface area (Å²) < 4.78 is 2.60. The summed E-state index contributed by atoms with van der Waals surface area (Å²) in [6, 6.07) is 0. The number of aryl methyl sites for hydroxylation is 1. The minimum absolute atomic E-state index is 0.207. The maximum atomic E-state index is 11.9. The molecule has 0 bridgehead atoms. The highest BCUT2D eigenvalue weighted by Gasteiger charge is 2.14. The maximum absolute atomic E-state index is 11.9. The first-order valence-electron chi connectivity index (χ1n) is 6.25. The van der Waals surface area contributed by atoms with Crippen LogP contribution in [-0.2, 0) is 20.6 Å². The van der Waals surface area contributed by atoms with Gasteiger partial charge in [0.15, 0.2) is 0 Å². The summed E-state index contributed by atoms with van der Waals surface area (Å²) in [7, 11) is 3.18. The lowest BCUT2D eigenvalue weighted by Gasteiger charge is -2.21. The zero-order chi connectivity index (χ0) is 13.8. The van der Waals surface area contributed by atoms with Crippen LogP contribution in [0.3, 0.4) is 0 Å². The van der Waals surface area contributed by atoms with Crippen molar-refractivity contribution in [2.75, 3.05) is 23.8 Å². The largest absolute Gasteiger partial charge is 0.330 e. The van der Waals surface area contributed by atoms with Gasteiger partial charge < -0.3 is 9.88 Å². The highest BCUT2D eigenvalue weighted by Crippen LogP contribution is 2.23. The number of nitrogens with zero attached hydrogens (tertiary/aromatic N) is 2. The molecule has 1 aromatic heterocycles. The predicted molar refractivity (Wildman–Crippen MR) is 82.2 cm³/mol. The Bertz CT molecular complexity index is 547. The van der Waals surface area contributed by atoms with Gasteiger partial charge in [0.1, 0.15) is 0 Å². The topological polar surface area (TPSA) is 56.0 Å². The molecule has 7 heteroatoms. The molecule has 0 radical (unpaired) electrons. The molecule has 1 aliphatic rings. The molecule has 5 nitrogen and oxygen atoms in total. The highest BCUT2D eigenvalue weighted by molar-refractivity contribution is 8.06. The quantitative estimate of drug-likeness (QED) is 0.850. The molecule has 1 aliphatic heterocycles. The predicted octanol–water partition coefficient (Wildman–Crippen LogP) is 0.0222. The maximum Gasteiger partial charge on any atom is 0.330 e. The van der Waals surface area contributed by atoms with E-state index in [9.17, 15) is 9.59 Å². The molecule has 1 N–H and O–H groups in total. The van der Waals surface area contributed by atoms with E-state index in [4.69, 9.17) is 0 Å². The van der Waals surface area contributed by atoms with Gasteiger partial charge in [-0.15, -0.1) is 0 Å². The van der Waals surface area contributed by atoms with E-state index in [1.807, 2.05) is 23.5 Å². The Balaban J connectivity index is 1.96. The van der Waals surface area contributed by atoms with Gasteiger partial charge in [0.25, 0.3) is 5.56 Å².